The summed E-state index contributed by atoms with van der Waals surface area (Å²) in [5, 5.41) is 0. The van der Waals surface area contributed by atoms with Crippen LogP contribution in [0.25, 0.3) is 0 Å². The summed E-state index contributed by atoms with van der Waals surface area (Å²) >= 11 is 0. The van der Waals surface area contributed by atoms with E-state index in [0.717, 1.165) is 0 Å². The van der Waals surface area contributed by atoms with Gasteiger partial charge in [-0.3, -0.25) is 14.6 Å². The highest BCUT2D eigenvalue weighted by Gasteiger charge is 2.33. The van der Waals surface area contributed by atoms with Gasteiger partial charge in [0, 0.05) is 19.6 Å². The van der Waals surface area contributed by atoms with Gasteiger partial charge in [-0.15, -0.1) is 0 Å². The lowest BCUT2D eigenvalue weighted by atomic mass is 10.2. The summed E-state index contributed by atoms with van der Waals surface area (Å²) in [6.45, 7) is 0.284. The van der Waals surface area contributed by atoms with Crippen LogP contribution in [0.2, 0.25) is 0 Å². The van der Waals surface area contributed by atoms with Crippen LogP contribution in [0.3, 0.4) is 0 Å². The fourth-order valence-electron chi connectivity index (χ4n) is 1.97. The number of primary amides is 1. The lowest BCUT2D eigenvalue weighted by Crippen LogP contribution is -2.50. The number of carbonyl (C=O) groups excluding carboxylic acids is 1. The molecule has 0 unspecified atom stereocenters. The molecular formula is C10H18F3N3O2. The number of ether oxygens (including phenoxy) is 1. The Hall–Kier alpha value is -0.860. The van der Waals surface area contributed by atoms with Crippen molar-refractivity contribution >= 4 is 5.91 Å². The Morgan fingerprint density at radius 3 is 2.78 bits per heavy atom. The van der Waals surface area contributed by atoms with E-state index in [1.165, 1.54) is 4.90 Å². The monoisotopic (exact) mass is 269 g/mol. The molecule has 1 saturated heterocycles. The number of likely N-dealkylation sites (N-methyl/N-ethyl adjacent to an activating group) is 1. The maximum absolute atomic E-state index is 12.2. The number of nitrogens with zero attached hydrogens (tertiary/aromatic N) is 2. The van der Waals surface area contributed by atoms with E-state index in [2.05, 4.69) is 0 Å². The molecule has 0 radical (unpaired) electrons. The number of alkyl halides is 3. The van der Waals surface area contributed by atoms with Gasteiger partial charge >= 0.3 is 6.18 Å². The summed E-state index contributed by atoms with van der Waals surface area (Å²) in [5.41, 5.74) is 5.03. The first-order valence-electron chi connectivity index (χ1n) is 5.64. The quantitative estimate of drug-likeness (QED) is 0.742. The second kappa shape index (κ2) is 6.35. The van der Waals surface area contributed by atoms with E-state index >= 15 is 0 Å². The highest BCUT2D eigenvalue weighted by Crippen LogP contribution is 2.18. The van der Waals surface area contributed by atoms with Gasteiger partial charge in [0.25, 0.3) is 0 Å². The molecule has 0 aromatic heterocycles. The first-order valence-corrected chi connectivity index (χ1v) is 5.64. The van der Waals surface area contributed by atoms with E-state index in [0.29, 0.717) is 6.54 Å². The number of halogens is 3. The minimum Gasteiger partial charge on any atom is -0.374 e. The van der Waals surface area contributed by atoms with E-state index in [1.807, 2.05) is 0 Å². The van der Waals surface area contributed by atoms with Crippen LogP contribution in [0.15, 0.2) is 0 Å². The standard InChI is InChI=1S/C10H18F3N3O2/c1-15(6-9(14)17)4-8-5-16(2-3-18-8)7-10(11,12)13/h8H,2-7H2,1H3,(H2,14,17)/t8-/m1/s1. The average Bonchev–Trinajstić information content (AvgIpc) is 2.13. The van der Waals surface area contributed by atoms with Crippen LogP contribution in [-0.4, -0.2) is 74.4 Å². The zero-order valence-corrected chi connectivity index (χ0v) is 10.2. The largest absolute Gasteiger partial charge is 0.401 e. The zero-order chi connectivity index (χ0) is 13.8. The number of hydrogen-bond acceptors (Lipinski definition) is 4. The normalized spacial score (nSPS) is 22.4. The number of morpholine rings is 1. The third-order valence-electron chi connectivity index (χ3n) is 2.57. The summed E-state index contributed by atoms with van der Waals surface area (Å²) in [7, 11) is 1.68. The minimum absolute atomic E-state index is 0.0686. The molecule has 106 valence electrons. The highest BCUT2D eigenvalue weighted by molar-refractivity contribution is 5.75. The maximum Gasteiger partial charge on any atom is 0.401 e. The molecule has 0 aliphatic carbocycles. The van der Waals surface area contributed by atoms with Crippen molar-refractivity contribution < 1.29 is 22.7 Å². The van der Waals surface area contributed by atoms with Gasteiger partial charge in [0.15, 0.2) is 0 Å². The van der Waals surface area contributed by atoms with Crippen LogP contribution in [0.1, 0.15) is 0 Å². The van der Waals surface area contributed by atoms with E-state index in [1.54, 1.807) is 11.9 Å². The Morgan fingerprint density at radius 1 is 1.56 bits per heavy atom. The number of carbonyl (C=O) groups is 1. The summed E-state index contributed by atoms with van der Waals surface area (Å²) in [4.78, 5) is 13.6. The Kier molecular flexibility index (Phi) is 5.36. The van der Waals surface area contributed by atoms with Crippen LogP contribution in [0.4, 0.5) is 13.2 Å². The molecule has 1 amide bonds. The molecule has 1 fully saturated rings. The molecule has 5 nitrogen and oxygen atoms in total. The predicted molar refractivity (Wildman–Crippen MR) is 58.9 cm³/mol. The summed E-state index contributed by atoms with van der Waals surface area (Å²) in [5.74, 6) is -0.472. The number of hydrogen-bond donors (Lipinski definition) is 1. The molecule has 2 N–H and O–H groups in total. The molecule has 1 heterocycles. The highest BCUT2D eigenvalue weighted by atomic mass is 19.4. The molecular weight excluding hydrogens is 251 g/mol. The molecule has 0 bridgehead atoms. The fraction of sp³-hybridized carbons (Fsp3) is 0.900. The van der Waals surface area contributed by atoms with Gasteiger partial charge in [0.1, 0.15) is 0 Å². The van der Waals surface area contributed by atoms with Gasteiger partial charge in [-0.1, -0.05) is 0 Å². The lowest BCUT2D eigenvalue weighted by Gasteiger charge is -2.34. The maximum atomic E-state index is 12.2. The van der Waals surface area contributed by atoms with Crippen LogP contribution >= 0.6 is 0 Å². The Labute approximate surface area is 104 Å². The smallest absolute Gasteiger partial charge is 0.374 e. The predicted octanol–water partition coefficient (Wildman–Crippen LogP) is -0.333. The first-order chi connectivity index (χ1) is 8.26. The third kappa shape index (κ3) is 6.18. The lowest BCUT2D eigenvalue weighted by molar-refractivity contribution is -0.160. The van der Waals surface area contributed by atoms with Gasteiger partial charge in [-0.05, 0) is 7.05 Å². The van der Waals surface area contributed by atoms with Crippen molar-refractivity contribution in [3.8, 4) is 0 Å². The first kappa shape index (κ1) is 15.2. The zero-order valence-electron chi connectivity index (χ0n) is 10.2. The molecule has 0 saturated carbocycles. The number of amides is 1. The molecule has 0 aromatic carbocycles. The Balaban J connectivity index is 2.37. The molecule has 1 aliphatic heterocycles. The molecule has 1 rings (SSSR count). The second-order valence-electron chi connectivity index (χ2n) is 4.51. The van der Waals surface area contributed by atoms with Crippen LogP contribution in [0.5, 0.6) is 0 Å². The van der Waals surface area contributed by atoms with Gasteiger partial charge in [-0.2, -0.15) is 13.2 Å². The fourth-order valence-corrected chi connectivity index (χ4v) is 1.97. The van der Waals surface area contributed by atoms with Gasteiger partial charge in [0.05, 0.1) is 25.8 Å². The van der Waals surface area contributed by atoms with E-state index < -0.39 is 18.6 Å². The van der Waals surface area contributed by atoms with E-state index in [4.69, 9.17) is 10.5 Å². The molecule has 8 heteroatoms. The van der Waals surface area contributed by atoms with Crippen molar-refractivity contribution in [3.63, 3.8) is 0 Å². The molecule has 1 atom stereocenters. The van der Waals surface area contributed by atoms with Crippen molar-refractivity contribution in [1.82, 2.24) is 9.80 Å². The summed E-state index contributed by atoms with van der Waals surface area (Å²) in [6, 6.07) is 0. The average molecular weight is 269 g/mol. The van der Waals surface area contributed by atoms with Crippen LogP contribution < -0.4 is 5.73 Å². The van der Waals surface area contributed by atoms with Crippen molar-refractivity contribution in [2.75, 3.05) is 46.4 Å². The number of nitrogens with two attached hydrogens (primary N) is 1. The Bertz CT molecular complexity index is 286. The van der Waals surface area contributed by atoms with Gasteiger partial charge in [0.2, 0.25) is 5.91 Å². The summed E-state index contributed by atoms with van der Waals surface area (Å²) < 4.78 is 42.1. The number of rotatable bonds is 5. The molecule has 1 aliphatic rings. The molecule has 0 aromatic rings. The van der Waals surface area contributed by atoms with Crippen molar-refractivity contribution in [3.05, 3.63) is 0 Å². The topological polar surface area (TPSA) is 58.8 Å². The minimum atomic E-state index is -4.19. The van der Waals surface area contributed by atoms with Gasteiger partial charge in [-0.25, -0.2) is 0 Å². The van der Waals surface area contributed by atoms with E-state index in [-0.39, 0.29) is 32.3 Å². The Morgan fingerprint density at radius 2 is 2.22 bits per heavy atom. The second-order valence-corrected chi connectivity index (χ2v) is 4.51. The van der Waals surface area contributed by atoms with Crippen LogP contribution in [-0.2, 0) is 9.53 Å². The van der Waals surface area contributed by atoms with Crippen molar-refractivity contribution in [1.29, 1.82) is 0 Å². The van der Waals surface area contributed by atoms with Crippen LogP contribution in [0, 0.1) is 0 Å². The van der Waals surface area contributed by atoms with Crippen molar-refractivity contribution in [2.45, 2.75) is 12.3 Å². The van der Waals surface area contributed by atoms with Gasteiger partial charge < -0.3 is 10.5 Å². The third-order valence-corrected chi connectivity index (χ3v) is 2.57. The molecule has 0 spiro atoms. The van der Waals surface area contributed by atoms with E-state index in [9.17, 15) is 18.0 Å². The van der Waals surface area contributed by atoms with Crippen molar-refractivity contribution in [2.24, 2.45) is 5.73 Å². The molecule has 18 heavy (non-hydrogen) atoms. The summed E-state index contributed by atoms with van der Waals surface area (Å²) in [6.07, 6.45) is -4.52. The SMILES string of the molecule is CN(CC(N)=O)C[C@@H]1CN(CC(F)(F)F)CCO1.